The van der Waals surface area contributed by atoms with Crippen molar-refractivity contribution in [2.24, 2.45) is 0 Å². The maximum atomic E-state index is 8.96. The Labute approximate surface area is 110 Å². The second-order valence-electron chi connectivity index (χ2n) is 3.83. The van der Waals surface area contributed by atoms with Crippen LogP contribution in [0.4, 0.5) is 11.5 Å². The van der Waals surface area contributed by atoms with Gasteiger partial charge in [-0.15, -0.1) is 5.10 Å². The summed E-state index contributed by atoms with van der Waals surface area (Å²) in [6.45, 7) is 0.446. The Morgan fingerprint density at radius 1 is 1.42 bits per heavy atom. The minimum atomic E-state index is 0.439. The summed E-state index contributed by atoms with van der Waals surface area (Å²) in [5.74, 6) is 1.17. The van der Waals surface area contributed by atoms with Crippen LogP contribution in [-0.4, -0.2) is 17.3 Å². The van der Waals surface area contributed by atoms with Crippen LogP contribution in [0.5, 0.6) is 5.75 Å². The lowest BCUT2D eigenvalue weighted by molar-refractivity contribution is 0.410. The third kappa shape index (κ3) is 2.90. The maximum Gasteiger partial charge on any atom is 0.166 e. The lowest BCUT2D eigenvalue weighted by atomic mass is 10.1. The summed E-state index contributed by atoms with van der Waals surface area (Å²) < 4.78 is 5.25. The summed E-state index contributed by atoms with van der Waals surface area (Å²) in [6.07, 6.45) is 1.48. The van der Waals surface area contributed by atoms with Crippen LogP contribution in [0.3, 0.4) is 0 Å². The Balaban J connectivity index is 2.19. The first-order valence-electron chi connectivity index (χ1n) is 5.62. The summed E-state index contributed by atoms with van der Waals surface area (Å²) >= 11 is 0. The molecule has 1 aromatic heterocycles. The number of nitriles is 1. The lowest BCUT2D eigenvalue weighted by Gasteiger charge is -2.11. The van der Waals surface area contributed by atoms with Crippen molar-refractivity contribution < 1.29 is 4.74 Å². The van der Waals surface area contributed by atoms with Crippen molar-refractivity contribution in [2.45, 2.75) is 6.54 Å². The van der Waals surface area contributed by atoms with Crippen LogP contribution in [0, 0.1) is 11.3 Å². The summed E-state index contributed by atoms with van der Waals surface area (Å²) in [6, 6.07) is 9.04. The molecular weight excluding hydrogens is 242 g/mol. The van der Waals surface area contributed by atoms with Crippen LogP contribution in [0.25, 0.3) is 0 Å². The Morgan fingerprint density at radius 3 is 3.00 bits per heavy atom. The van der Waals surface area contributed by atoms with Crippen molar-refractivity contribution in [3.05, 3.63) is 41.6 Å². The fourth-order valence-electron chi connectivity index (χ4n) is 1.67. The van der Waals surface area contributed by atoms with Crippen molar-refractivity contribution >= 4 is 11.5 Å². The highest BCUT2D eigenvalue weighted by Crippen LogP contribution is 2.22. The number of nitrogens with zero attached hydrogens (tertiary/aromatic N) is 3. The van der Waals surface area contributed by atoms with E-state index >= 15 is 0 Å². The molecule has 0 aliphatic heterocycles. The first-order chi connectivity index (χ1) is 9.24. The van der Waals surface area contributed by atoms with Crippen molar-refractivity contribution in [3.63, 3.8) is 0 Å². The van der Waals surface area contributed by atoms with Crippen LogP contribution >= 0.6 is 0 Å². The molecule has 96 valence electrons. The normalized spacial score (nSPS) is 9.68. The van der Waals surface area contributed by atoms with E-state index in [2.05, 4.69) is 21.6 Å². The van der Waals surface area contributed by atoms with Gasteiger partial charge in [0.15, 0.2) is 5.82 Å². The molecule has 0 fully saturated rings. The van der Waals surface area contributed by atoms with E-state index in [1.54, 1.807) is 25.3 Å². The fourth-order valence-corrected chi connectivity index (χ4v) is 1.67. The predicted octanol–water partition coefficient (Wildman–Crippen LogP) is 1.55. The monoisotopic (exact) mass is 255 g/mol. The van der Waals surface area contributed by atoms with Crippen molar-refractivity contribution in [3.8, 4) is 11.8 Å². The molecule has 1 aromatic carbocycles. The molecule has 2 aromatic rings. The fraction of sp³-hybridized carbons (Fsp3) is 0.154. The quantitative estimate of drug-likeness (QED) is 0.804. The van der Waals surface area contributed by atoms with Gasteiger partial charge in [0.2, 0.25) is 0 Å². The molecule has 0 spiro atoms. The highest BCUT2D eigenvalue weighted by molar-refractivity contribution is 5.53. The molecule has 3 N–H and O–H groups in total. The Morgan fingerprint density at radius 2 is 2.26 bits per heavy atom. The van der Waals surface area contributed by atoms with Gasteiger partial charge in [-0.2, -0.15) is 10.4 Å². The van der Waals surface area contributed by atoms with Crippen molar-refractivity contribution in [1.29, 1.82) is 5.26 Å². The van der Waals surface area contributed by atoms with Gasteiger partial charge in [-0.25, -0.2) is 0 Å². The molecule has 0 aliphatic rings. The Bertz CT molecular complexity index is 621. The third-order valence-corrected chi connectivity index (χ3v) is 2.59. The van der Waals surface area contributed by atoms with E-state index in [0.717, 1.165) is 11.3 Å². The molecule has 0 unspecified atom stereocenters. The number of nitrogens with one attached hydrogen (secondary N) is 1. The molecule has 2 rings (SSSR count). The van der Waals surface area contributed by atoms with Gasteiger partial charge in [-0.3, -0.25) is 0 Å². The van der Waals surface area contributed by atoms with Gasteiger partial charge in [-0.1, -0.05) is 0 Å². The molecule has 0 radical (unpaired) electrons. The van der Waals surface area contributed by atoms with E-state index in [4.69, 9.17) is 15.7 Å². The highest BCUT2D eigenvalue weighted by atomic mass is 16.5. The van der Waals surface area contributed by atoms with E-state index in [-0.39, 0.29) is 0 Å². The van der Waals surface area contributed by atoms with Crippen LogP contribution in [-0.2, 0) is 6.54 Å². The molecule has 0 saturated carbocycles. The molecular formula is C13H13N5O. The van der Waals surface area contributed by atoms with E-state index < -0.39 is 0 Å². The topological polar surface area (TPSA) is 96.8 Å². The summed E-state index contributed by atoms with van der Waals surface area (Å²) in [5, 5.41) is 19.6. The number of rotatable bonds is 4. The highest BCUT2D eigenvalue weighted by Gasteiger charge is 2.06. The van der Waals surface area contributed by atoms with Gasteiger partial charge in [0.25, 0.3) is 0 Å². The summed E-state index contributed by atoms with van der Waals surface area (Å²) in [5.41, 5.74) is 7.72. The Kier molecular flexibility index (Phi) is 3.78. The van der Waals surface area contributed by atoms with Gasteiger partial charge in [0, 0.05) is 17.8 Å². The number of methoxy groups -OCH3 is 1. The minimum absolute atomic E-state index is 0.439. The molecule has 0 atom stereocenters. The minimum Gasteiger partial charge on any atom is -0.496 e. The number of nitrogen functional groups attached to an aromatic ring is 1. The SMILES string of the molecule is COc1ccc(N)cc1CNc1nnccc1C#N. The van der Waals surface area contributed by atoms with Crippen molar-refractivity contribution in [1.82, 2.24) is 10.2 Å². The summed E-state index contributed by atoms with van der Waals surface area (Å²) in [7, 11) is 1.60. The largest absolute Gasteiger partial charge is 0.496 e. The standard InChI is InChI=1S/C13H13N5O/c1-19-12-3-2-11(15)6-10(12)8-16-13-9(7-14)4-5-17-18-13/h2-6H,8,15H2,1H3,(H,16,18). The van der Waals surface area contributed by atoms with E-state index in [1.165, 1.54) is 6.20 Å². The number of ether oxygens (including phenoxy) is 1. The molecule has 6 nitrogen and oxygen atoms in total. The zero-order valence-electron chi connectivity index (χ0n) is 10.4. The van der Waals surface area contributed by atoms with Crippen molar-refractivity contribution in [2.75, 3.05) is 18.2 Å². The van der Waals surface area contributed by atoms with Gasteiger partial charge < -0.3 is 15.8 Å². The average Bonchev–Trinajstić information content (AvgIpc) is 2.45. The second kappa shape index (κ2) is 5.69. The maximum absolute atomic E-state index is 8.96. The van der Waals surface area contributed by atoms with Crippen LogP contribution in [0.15, 0.2) is 30.5 Å². The predicted molar refractivity (Wildman–Crippen MR) is 71.5 cm³/mol. The third-order valence-electron chi connectivity index (χ3n) is 2.59. The molecule has 6 heteroatoms. The lowest BCUT2D eigenvalue weighted by Crippen LogP contribution is -2.06. The molecule has 0 bridgehead atoms. The molecule has 19 heavy (non-hydrogen) atoms. The first kappa shape index (κ1) is 12.6. The number of anilines is 2. The number of nitrogens with two attached hydrogens (primary N) is 1. The summed E-state index contributed by atoms with van der Waals surface area (Å²) in [4.78, 5) is 0. The van der Waals surface area contributed by atoms with Crippen LogP contribution in [0.2, 0.25) is 0 Å². The number of hydrogen-bond donors (Lipinski definition) is 2. The smallest absolute Gasteiger partial charge is 0.166 e. The van der Waals surface area contributed by atoms with Gasteiger partial charge in [-0.05, 0) is 24.3 Å². The molecule has 0 amide bonds. The van der Waals surface area contributed by atoms with Gasteiger partial charge >= 0.3 is 0 Å². The zero-order valence-corrected chi connectivity index (χ0v) is 10.4. The van der Waals surface area contributed by atoms with E-state index in [9.17, 15) is 0 Å². The van der Waals surface area contributed by atoms with Gasteiger partial charge in [0.1, 0.15) is 11.8 Å². The molecule has 0 saturated heterocycles. The second-order valence-corrected chi connectivity index (χ2v) is 3.83. The van der Waals surface area contributed by atoms with E-state index in [0.29, 0.717) is 23.6 Å². The first-order valence-corrected chi connectivity index (χ1v) is 5.62. The number of benzene rings is 1. The zero-order chi connectivity index (χ0) is 13.7. The number of aromatic nitrogens is 2. The van der Waals surface area contributed by atoms with Gasteiger partial charge in [0.05, 0.1) is 18.9 Å². The van der Waals surface area contributed by atoms with Crippen LogP contribution < -0.4 is 15.8 Å². The molecule has 1 heterocycles. The van der Waals surface area contributed by atoms with E-state index in [1.807, 2.05) is 6.07 Å². The molecule has 0 aliphatic carbocycles. The number of hydrogen-bond acceptors (Lipinski definition) is 6. The Hall–Kier alpha value is -2.81. The van der Waals surface area contributed by atoms with Crippen LogP contribution in [0.1, 0.15) is 11.1 Å². The average molecular weight is 255 g/mol.